The van der Waals surface area contributed by atoms with Crippen LogP contribution in [0.3, 0.4) is 0 Å². The Morgan fingerprint density at radius 2 is 1.88 bits per heavy atom. The Balaban J connectivity index is 2.82. The lowest BCUT2D eigenvalue weighted by Gasteiger charge is -2.19. The van der Waals surface area contributed by atoms with Crippen molar-refractivity contribution in [1.82, 2.24) is 4.90 Å². The van der Waals surface area contributed by atoms with Crippen LogP contribution in [0.25, 0.3) is 0 Å². The predicted octanol–water partition coefficient (Wildman–Crippen LogP) is 1.53. The SMILES string of the molecule is CCN(CC(N)=O)C(=O)c1ccc(CBr)cc1. The smallest absolute Gasteiger partial charge is 0.254 e. The van der Waals surface area contributed by atoms with Gasteiger partial charge in [0.25, 0.3) is 5.91 Å². The average Bonchev–Trinajstić information content (AvgIpc) is 2.35. The van der Waals surface area contributed by atoms with Gasteiger partial charge in [-0.3, -0.25) is 9.59 Å². The summed E-state index contributed by atoms with van der Waals surface area (Å²) in [5, 5.41) is 0.750. The van der Waals surface area contributed by atoms with Crippen molar-refractivity contribution in [2.75, 3.05) is 13.1 Å². The number of halogens is 1. The third kappa shape index (κ3) is 3.85. The van der Waals surface area contributed by atoms with Crippen LogP contribution in [0.4, 0.5) is 0 Å². The third-order valence-corrected chi connectivity index (χ3v) is 3.02. The lowest BCUT2D eigenvalue weighted by atomic mass is 10.1. The van der Waals surface area contributed by atoms with Crippen molar-refractivity contribution >= 4 is 27.7 Å². The summed E-state index contributed by atoms with van der Waals surface area (Å²) in [6, 6.07) is 7.26. The molecule has 0 aliphatic heterocycles. The van der Waals surface area contributed by atoms with Gasteiger partial charge in [-0.1, -0.05) is 28.1 Å². The third-order valence-electron chi connectivity index (χ3n) is 2.37. The van der Waals surface area contributed by atoms with Gasteiger partial charge in [0, 0.05) is 17.4 Å². The molecule has 5 heteroatoms. The summed E-state index contributed by atoms with van der Waals surface area (Å²) in [4.78, 5) is 24.3. The van der Waals surface area contributed by atoms with Gasteiger partial charge in [0.05, 0.1) is 6.54 Å². The summed E-state index contributed by atoms with van der Waals surface area (Å²) in [6.07, 6.45) is 0. The fraction of sp³-hybridized carbons (Fsp3) is 0.333. The van der Waals surface area contributed by atoms with E-state index in [0.717, 1.165) is 10.9 Å². The van der Waals surface area contributed by atoms with E-state index in [2.05, 4.69) is 15.9 Å². The van der Waals surface area contributed by atoms with E-state index in [4.69, 9.17) is 5.73 Å². The Kier molecular flexibility index (Phi) is 5.15. The van der Waals surface area contributed by atoms with Crippen molar-refractivity contribution in [3.05, 3.63) is 35.4 Å². The van der Waals surface area contributed by atoms with Crippen molar-refractivity contribution in [2.45, 2.75) is 12.3 Å². The molecule has 0 aliphatic rings. The van der Waals surface area contributed by atoms with Crippen molar-refractivity contribution in [3.8, 4) is 0 Å². The highest BCUT2D eigenvalue weighted by Gasteiger charge is 2.15. The lowest BCUT2D eigenvalue weighted by molar-refractivity contribution is -0.118. The van der Waals surface area contributed by atoms with Gasteiger partial charge in [-0.05, 0) is 24.6 Å². The minimum absolute atomic E-state index is 0.0461. The van der Waals surface area contributed by atoms with Crippen LogP contribution in [0.5, 0.6) is 0 Å². The van der Waals surface area contributed by atoms with Crippen LogP contribution >= 0.6 is 15.9 Å². The van der Waals surface area contributed by atoms with Crippen LogP contribution in [-0.4, -0.2) is 29.8 Å². The quantitative estimate of drug-likeness (QED) is 0.838. The first-order chi connectivity index (χ1) is 8.08. The first-order valence-electron chi connectivity index (χ1n) is 5.31. The number of hydrogen-bond acceptors (Lipinski definition) is 2. The fourth-order valence-electron chi connectivity index (χ4n) is 1.43. The molecule has 17 heavy (non-hydrogen) atoms. The van der Waals surface area contributed by atoms with Gasteiger partial charge in [-0.2, -0.15) is 0 Å². The van der Waals surface area contributed by atoms with Crippen molar-refractivity contribution in [3.63, 3.8) is 0 Å². The van der Waals surface area contributed by atoms with Crippen LogP contribution in [-0.2, 0) is 10.1 Å². The number of carbonyl (C=O) groups excluding carboxylic acids is 2. The molecular formula is C12H15BrN2O2. The van der Waals surface area contributed by atoms with Gasteiger partial charge in [0.2, 0.25) is 5.91 Å². The molecule has 0 spiro atoms. The maximum absolute atomic E-state index is 12.0. The molecule has 0 heterocycles. The van der Waals surface area contributed by atoms with E-state index in [1.54, 1.807) is 12.1 Å². The predicted molar refractivity (Wildman–Crippen MR) is 69.8 cm³/mol. The van der Waals surface area contributed by atoms with E-state index in [-0.39, 0.29) is 12.5 Å². The van der Waals surface area contributed by atoms with Gasteiger partial charge in [-0.25, -0.2) is 0 Å². The summed E-state index contributed by atoms with van der Waals surface area (Å²) in [7, 11) is 0. The molecule has 2 N–H and O–H groups in total. The minimum Gasteiger partial charge on any atom is -0.368 e. The molecule has 1 aromatic carbocycles. The topological polar surface area (TPSA) is 63.4 Å². The van der Waals surface area contributed by atoms with Crippen LogP contribution in [0.1, 0.15) is 22.8 Å². The van der Waals surface area contributed by atoms with Gasteiger partial charge in [0.15, 0.2) is 0 Å². The normalized spacial score (nSPS) is 10.0. The molecule has 0 radical (unpaired) electrons. The first kappa shape index (κ1) is 13.7. The second-order valence-corrected chi connectivity index (χ2v) is 4.18. The number of alkyl halides is 1. The number of amides is 2. The Bertz CT molecular complexity index is 403. The lowest BCUT2D eigenvalue weighted by Crippen LogP contribution is -2.38. The molecular weight excluding hydrogens is 284 g/mol. The highest BCUT2D eigenvalue weighted by Crippen LogP contribution is 2.10. The fourth-order valence-corrected chi connectivity index (χ4v) is 1.81. The molecule has 0 aromatic heterocycles. The summed E-state index contributed by atoms with van der Waals surface area (Å²) >= 11 is 3.34. The summed E-state index contributed by atoms with van der Waals surface area (Å²) in [6.45, 7) is 2.23. The summed E-state index contributed by atoms with van der Waals surface area (Å²) in [5.41, 5.74) is 6.76. The second kappa shape index (κ2) is 6.39. The Hall–Kier alpha value is -1.36. The monoisotopic (exact) mass is 298 g/mol. The number of benzene rings is 1. The molecule has 0 saturated heterocycles. The molecule has 0 aliphatic carbocycles. The van der Waals surface area contributed by atoms with Crippen LogP contribution < -0.4 is 5.73 Å². The van der Waals surface area contributed by atoms with E-state index >= 15 is 0 Å². The number of rotatable bonds is 5. The number of likely N-dealkylation sites (N-methyl/N-ethyl adjacent to an activating group) is 1. The van der Waals surface area contributed by atoms with E-state index < -0.39 is 5.91 Å². The number of nitrogens with two attached hydrogens (primary N) is 1. The van der Waals surface area contributed by atoms with Crippen molar-refractivity contribution in [1.29, 1.82) is 0 Å². The molecule has 0 atom stereocenters. The van der Waals surface area contributed by atoms with Gasteiger partial charge >= 0.3 is 0 Å². The summed E-state index contributed by atoms with van der Waals surface area (Å²) in [5.74, 6) is -0.676. The van der Waals surface area contributed by atoms with E-state index in [0.29, 0.717) is 12.1 Å². The Morgan fingerprint density at radius 3 is 2.29 bits per heavy atom. The summed E-state index contributed by atoms with van der Waals surface area (Å²) < 4.78 is 0. The molecule has 0 unspecified atom stereocenters. The highest BCUT2D eigenvalue weighted by atomic mass is 79.9. The van der Waals surface area contributed by atoms with Crippen LogP contribution in [0.15, 0.2) is 24.3 Å². The molecule has 0 fully saturated rings. The number of carbonyl (C=O) groups is 2. The van der Waals surface area contributed by atoms with Gasteiger partial charge in [0.1, 0.15) is 0 Å². The number of hydrogen-bond donors (Lipinski definition) is 1. The standard InChI is InChI=1S/C12H15BrN2O2/c1-2-15(8-11(14)16)12(17)10-5-3-9(7-13)4-6-10/h3-6H,2,7-8H2,1H3,(H2,14,16). The van der Waals surface area contributed by atoms with Crippen molar-refractivity contribution < 1.29 is 9.59 Å². The van der Waals surface area contributed by atoms with Crippen LogP contribution in [0.2, 0.25) is 0 Å². The largest absolute Gasteiger partial charge is 0.368 e. The average molecular weight is 299 g/mol. The second-order valence-electron chi connectivity index (χ2n) is 3.62. The first-order valence-corrected chi connectivity index (χ1v) is 6.43. The maximum Gasteiger partial charge on any atom is 0.254 e. The molecule has 0 bridgehead atoms. The molecule has 2 amide bonds. The molecule has 1 rings (SSSR count). The molecule has 0 saturated carbocycles. The Labute approximate surface area is 109 Å². The van der Waals surface area contributed by atoms with Crippen LogP contribution in [0, 0.1) is 0 Å². The minimum atomic E-state index is -0.503. The van der Waals surface area contributed by atoms with Gasteiger partial charge in [-0.15, -0.1) is 0 Å². The molecule has 1 aromatic rings. The Morgan fingerprint density at radius 1 is 1.29 bits per heavy atom. The van der Waals surface area contributed by atoms with Crippen molar-refractivity contribution in [2.24, 2.45) is 5.73 Å². The zero-order chi connectivity index (χ0) is 12.8. The zero-order valence-corrected chi connectivity index (χ0v) is 11.2. The maximum atomic E-state index is 12.0. The number of nitrogens with zero attached hydrogens (tertiary/aromatic N) is 1. The van der Waals surface area contributed by atoms with E-state index in [1.165, 1.54) is 4.90 Å². The highest BCUT2D eigenvalue weighted by molar-refractivity contribution is 9.08. The zero-order valence-electron chi connectivity index (χ0n) is 9.65. The van der Waals surface area contributed by atoms with E-state index in [1.807, 2.05) is 19.1 Å². The van der Waals surface area contributed by atoms with E-state index in [9.17, 15) is 9.59 Å². The number of primary amides is 1. The van der Waals surface area contributed by atoms with Gasteiger partial charge < -0.3 is 10.6 Å². The molecule has 92 valence electrons. The molecule has 4 nitrogen and oxygen atoms in total.